The number of aromatic nitrogens is 1. The van der Waals surface area contributed by atoms with Gasteiger partial charge in [-0.2, -0.15) is 0 Å². The van der Waals surface area contributed by atoms with Crippen LogP contribution in [0.5, 0.6) is 0 Å². The molecule has 0 saturated heterocycles. The van der Waals surface area contributed by atoms with Crippen LogP contribution in [0, 0.1) is 6.92 Å². The van der Waals surface area contributed by atoms with E-state index in [1.165, 1.54) is 22.2 Å². The van der Waals surface area contributed by atoms with E-state index in [2.05, 4.69) is 55.3 Å². The Balaban J connectivity index is 2.24. The number of aromatic amines is 1. The van der Waals surface area contributed by atoms with Gasteiger partial charge in [-0.1, -0.05) is 32.0 Å². The Morgan fingerprint density at radius 2 is 2.00 bits per heavy atom. The predicted octanol–water partition coefficient (Wildman–Crippen LogP) is 2.73. The molecular formula is C16H24N2O. The third kappa shape index (κ3) is 2.99. The maximum Gasteiger partial charge on any atom is 0.0459 e. The lowest BCUT2D eigenvalue weighted by Gasteiger charge is -2.26. The Morgan fingerprint density at radius 3 is 2.74 bits per heavy atom. The van der Waals surface area contributed by atoms with Crippen molar-refractivity contribution < 1.29 is 5.11 Å². The molecule has 3 nitrogen and oxygen atoms in total. The van der Waals surface area contributed by atoms with Crippen molar-refractivity contribution in [2.75, 3.05) is 19.7 Å². The summed E-state index contributed by atoms with van der Waals surface area (Å²) < 4.78 is 0. The van der Waals surface area contributed by atoms with Gasteiger partial charge in [-0.3, -0.25) is 0 Å². The van der Waals surface area contributed by atoms with Gasteiger partial charge in [0.15, 0.2) is 0 Å². The van der Waals surface area contributed by atoms with Gasteiger partial charge < -0.3 is 15.4 Å². The number of nitrogens with one attached hydrogen (secondary N) is 2. The first-order valence-corrected chi connectivity index (χ1v) is 6.95. The van der Waals surface area contributed by atoms with Crippen molar-refractivity contribution in [3.05, 3.63) is 35.5 Å². The quantitative estimate of drug-likeness (QED) is 0.699. The van der Waals surface area contributed by atoms with E-state index in [0.29, 0.717) is 0 Å². The fourth-order valence-corrected chi connectivity index (χ4v) is 2.84. The molecule has 0 aliphatic heterocycles. The van der Waals surface area contributed by atoms with E-state index in [0.717, 1.165) is 19.5 Å². The third-order valence-corrected chi connectivity index (χ3v) is 3.65. The zero-order chi connectivity index (χ0) is 13.9. The Labute approximate surface area is 115 Å². The number of fused-ring (bicyclic) bond motifs is 1. The summed E-state index contributed by atoms with van der Waals surface area (Å²) in [6, 6.07) is 8.47. The van der Waals surface area contributed by atoms with E-state index in [1.807, 2.05) is 0 Å². The standard InChI is InChI=1S/C16H24N2O/c1-12-15(13-7-4-5-8-14(13)18-12)16(2,3)11-17-9-6-10-19/h4-5,7-8,17-19H,6,9-11H2,1-3H3. The van der Waals surface area contributed by atoms with E-state index < -0.39 is 0 Å². The number of aliphatic hydroxyl groups is 1. The molecule has 1 heterocycles. The van der Waals surface area contributed by atoms with Crippen LogP contribution >= 0.6 is 0 Å². The van der Waals surface area contributed by atoms with Crippen LogP contribution in [-0.2, 0) is 5.41 Å². The number of rotatable bonds is 6. The largest absolute Gasteiger partial charge is 0.396 e. The molecule has 0 bridgehead atoms. The average molecular weight is 260 g/mol. The Hall–Kier alpha value is -1.32. The van der Waals surface area contributed by atoms with Crippen LogP contribution in [0.3, 0.4) is 0 Å². The monoisotopic (exact) mass is 260 g/mol. The maximum absolute atomic E-state index is 8.82. The Kier molecular flexibility index (Phi) is 4.27. The van der Waals surface area contributed by atoms with Crippen molar-refractivity contribution >= 4 is 10.9 Å². The Morgan fingerprint density at radius 1 is 1.26 bits per heavy atom. The van der Waals surface area contributed by atoms with E-state index in [-0.39, 0.29) is 12.0 Å². The lowest BCUT2D eigenvalue weighted by Crippen LogP contribution is -2.34. The van der Waals surface area contributed by atoms with Crippen LogP contribution < -0.4 is 5.32 Å². The second-order valence-corrected chi connectivity index (χ2v) is 5.81. The van der Waals surface area contributed by atoms with Crippen molar-refractivity contribution in [3.8, 4) is 0 Å². The SMILES string of the molecule is Cc1[nH]c2ccccc2c1C(C)(C)CNCCCO. The first-order chi connectivity index (χ1) is 9.06. The minimum atomic E-state index is 0.0686. The molecule has 3 heteroatoms. The predicted molar refractivity (Wildman–Crippen MR) is 80.6 cm³/mol. The summed E-state index contributed by atoms with van der Waals surface area (Å²) in [7, 11) is 0. The number of para-hydroxylation sites is 1. The van der Waals surface area contributed by atoms with E-state index in [9.17, 15) is 0 Å². The number of aryl methyl sites for hydroxylation is 1. The summed E-state index contributed by atoms with van der Waals surface area (Å²) in [4.78, 5) is 3.47. The van der Waals surface area contributed by atoms with Gasteiger partial charge >= 0.3 is 0 Å². The second kappa shape index (κ2) is 5.76. The smallest absolute Gasteiger partial charge is 0.0459 e. The average Bonchev–Trinajstić information content (AvgIpc) is 2.71. The van der Waals surface area contributed by atoms with E-state index in [1.54, 1.807) is 0 Å². The first kappa shape index (κ1) is 14.1. The molecule has 0 radical (unpaired) electrons. The maximum atomic E-state index is 8.82. The minimum absolute atomic E-state index is 0.0686. The first-order valence-electron chi connectivity index (χ1n) is 6.95. The normalized spacial score (nSPS) is 12.2. The molecule has 2 rings (SSSR count). The molecule has 104 valence electrons. The highest BCUT2D eigenvalue weighted by Gasteiger charge is 2.25. The second-order valence-electron chi connectivity index (χ2n) is 5.81. The summed E-state index contributed by atoms with van der Waals surface area (Å²) in [5.41, 5.74) is 3.91. The number of benzene rings is 1. The van der Waals surface area contributed by atoms with Gasteiger partial charge in [-0.05, 0) is 31.5 Å². The Bertz CT molecular complexity index is 543. The zero-order valence-electron chi connectivity index (χ0n) is 12.1. The highest BCUT2D eigenvalue weighted by atomic mass is 16.3. The van der Waals surface area contributed by atoms with Crippen LogP contribution in [0.4, 0.5) is 0 Å². The van der Waals surface area contributed by atoms with Crippen LogP contribution in [0.1, 0.15) is 31.5 Å². The van der Waals surface area contributed by atoms with Crippen molar-refractivity contribution in [1.29, 1.82) is 0 Å². The van der Waals surface area contributed by atoms with Gasteiger partial charge in [0.2, 0.25) is 0 Å². The summed E-state index contributed by atoms with van der Waals surface area (Å²) in [6.07, 6.45) is 0.808. The third-order valence-electron chi connectivity index (χ3n) is 3.65. The zero-order valence-corrected chi connectivity index (χ0v) is 12.1. The summed E-state index contributed by atoms with van der Waals surface area (Å²) in [6.45, 7) is 8.70. The molecule has 0 amide bonds. The number of hydrogen-bond donors (Lipinski definition) is 3. The minimum Gasteiger partial charge on any atom is -0.396 e. The molecular weight excluding hydrogens is 236 g/mol. The molecule has 1 aromatic heterocycles. The van der Waals surface area contributed by atoms with Crippen molar-refractivity contribution in [3.63, 3.8) is 0 Å². The van der Waals surface area contributed by atoms with E-state index in [4.69, 9.17) is 5.11 Å². The van der Waals surface area contributed by atoms with Crippen LogP contribution in [-0.4, -0.2) is 29.8 Å². The molecule has 0 saturated carbocycles. The van der Waals surface area contributed by atoms with Gasteiger partial charge in [-0.15, -0.1) is 0 Å². The van der Waals surface area contributed by atoms with Crippen LogP contribution in [0.2, 0.25) is 0 Å². The highest BCUT2D eigenvalue weighted by Crippen LogP contribution is 2.32. The molecule has 0 fully saturated rings. The lowest BCUT2D eigenvalue weighted by atomic mass is 9.82. The number of hydrogen-bond acceptors (Lipinski definition) is 2. The van der Waals surface area contributed by atoms with Gasteiger partial charge in [0, 0.05) is 35.2 Å². The fourth-order valence-electron chi connectivity index (χ4n) is 2.84. The van der Waals surface area contributed by atoms with Gasteiger partial charge in [0.25, 0.3) is 0 Å². The van der Waals surface area contributed by atoms with Gasteiger partial charge in [-0.25, -0.2) is 0 Å². The van der Waals surface area contributed by atoms with Gasteiger partial charge in [0.1, 0.15) is 0 Å². The van der Waals surface area contributed by atoms with Gasteiger partial charge in [0.05, 0.1) is 0 Å². The molecule has 1 aromatic carbocycles. The van der Waals surface area contributed by atoms with Crippen molar-refractivity contribution in [1.82, 2.24) is 10.3 Å². The molecule has 3 N–H and O–H groups in total. The molecule has 0 atom stereocenters. The topological polar surface area (TPSA) is 48.0 Å². The summed E-state index contributed by atoms with van der Waals surface area (Å²) in [5.74, 6) is 0. The highest BCUT2D eigenvalue weighted by molar-refractivity contribution is 5.85. The van der Waals surface area contributed by atoms with Crippen LogP contribution in [0.25, 0.3) is 10.9 Å². The lowest BCUT2D eigenvalue weighted by molar-refractivity contribution is 0.284. The number of H-pyrrole nitrogens is 1. The molecule has 0 unspecified atom stereocenters. The molecule has 19 heavy (non-hydrogen) atoms. The summed E-state index contributed by atoms with van der Waals surface area (Å²) in [5, 5.41) is 13.6. The van der Waals surface area contributed by atoms with Crippen molar-refractivity contribution in [2.24, 2.45) is 0 Å². The molecule has 2 aromatic rings. The fraction of sp³-hybridized carbons (Fsp3) is 0.500. The molecule has 0 spiro atoms. The summed E-state index contributed by atoms with van der Waals surface area (Å²) >= 11 is 0. The van der Waals surface area contributed by atoms with E-state index >= 15 is 0 Å². The number of aliphatic hydroxyl groups excluding tert-OH is 1. The molecule has 0 aliphatic carbocycles. The molecule has 0 aliphatic rings. The van der Waals surface area contributed by atoms with Crippen LogP contribution in [0.15, 0.2) is 24.3 Å². The van der Waals surface area contributed by atoms with Crippen molar-refractivity contribution in [2.45, 2.75) is 32.6 Å².